The molecule has 0 fully saturated rings. The second-order valence-electron chi connectivity index (χ2n) is 5.40. The lowest BCUT2D eigenvalue weighted by Crippen LogP contribution is -2.13. The van der Waals surface area contributed by atoms with Gasteiger partial charge in [-0.05, 0) is 68.5 Å². The number of hydrogen-bond acceptors (Lipinski definition) is 2. The minimum absolute atomic E-state index is 0.861. The Morgan fingerprint density at radius 3 is 2.79 bits per heavy atom. The van der Waals surface area contributed by atoms with Crippen LogP contribution in [0.4, 0.5) is 0 Å². The molecule has 1 aromatic carbocycles. The topological polar surface area (TPSA) is 21.3 Å². The summed E-state index contributed by atoms with van der Waals surface area (Å²) >= 11 is 0. The molecule has 0 radical (unpaired) electrons. The fourth-order valence-corrected chi connectivity index (χ4v) is 2.71. The van der Waals surface area contributed by atoms with Crippen molar-refractivity contribution in [2.75, 3.05) is 19.7 Å². The van der Waals surface area contributed by atoms with E-state index in [0.29, 0.717) is 0 Å². The smallest absolute Gasteiger partial charge is 0.119 e. The summed E-state index contributed by atoms with van der Waals surface area (Å²) in [7, 11) is 0. The van der Waals surface area contributed by atoms with Crippen molar-refractivity contribution in [1.82, 2.24) is 5.32 Å². The molecule has 1 aromatic rings. The molecule has 0 bridgehead atoms. The molecule has 0 unspecified atom stereocenters. The van der Waals surface area contributed by atoms with Gasteiger partial charge in [-0.3, -0.25) is 0 Å². The Morgan fingerprint density at radius 2 is 1.89 bits per heavy atom. The van der Waals surface area contributed by atoms with Crippen molar-refractivity contribution < 1.29 is 4.74 Å². The summed E-state index contributed by atoms with van der Waals surface area (Å²) in [5, 5.41) is 3.36. The molecule has 0 atom stereocenters. The van der Waals surface area contributed by atoms with Crippen molar-refractivity contribution in [1.29, 1.82) is 0 Å². The molecule has 2 nitrogen and oxygen atoms in total. The third kappa shape index (κ3) is 4.87. The Labute approximate surface area is 117 Å². The Hall–Kier alpha value is -1.02. The number of aryl methyl sites for hydroxylation is 2. The normalized spacial score (nSPS) is 13.5. The molecule has 0 heterocycles. The van der Waals surface area contributed by atoms with Gasteiger partial charge in [-0.15, -0.1) is 0 Å². The lowest BCUT2D eigenvalue weighted by atomic mass is 10.1. The molecule has 1 N–H and O–H groups in total. The van der Waals surface area contributed by atoms with Crippen LogP contribution >= 0.6 is 0 Å². The minimum atomic E-state index is 0.861. The predicted molar refractivity (Wildman–Crippen MR) is 81.0 cm³/mol. The van der Waals surface area contributed by atoms with E-state index < -0.39 is 0 Å². The van der Waals surface area contributed by atoms with Gasteiger partial charge in [0.15, 0.2) is 0 Å². The standard InChI is InChI=1S/C17H27NO/c1-2-18-12-5-3-4-6-13-19-17-11-10-15-8-7-9-16(15)14-17/h10-11,14,18H,2-9,12-13H2,1H3. The van der Waals surface area contributed by atoms with E-state index in [2.05, 4.69) is 30.4 Å². The van der Waals surface area contributed by atoms with E-state index in [4.69, 9.17) is 4.74 Å². The molecule has 1 aliphatic rings. The lowest BCUT2D eigenvalue weighted by Gasteiger charge is -2.08. The first-order chi connectivity index (χ1) is 9.40. The second-order valence-corrected chi connectivity index (χ2v) is 5.40. The highest BCUT2D eigenvalue weighted by atomic mass is 16.5. The molecule has 19 heavy (non-hydrogen) atoms. The SMILES string of the molecule is CCNCCCCCCOc1ccc2c(c1)CCC2. The van der Waals surface area contributed by atoms with Crippen LogP contribution in [-0.2, 0) is 12.8 Å². The maximum absolute atomic E-state index is 5.84. The summed E-state index contributed by atoms with van der Waals surface area (Å²) in [5.41, 5.74) is 3.03. The molecular weight excluding hydrogens is 234 g/mol. The first kappa shape index (κ1) is 14.4. The zero-order chi connectivity index (χ0) is 13.3. The van der Waals surface area contributed by atoms with Crippen LogP contribution in [0.3, 0.4) is 0 Å². The number of unbranched alkanes of at least 4 members (excludes halogenated alkanes) is 3. The van der Waals surface area contributed by atoms with E-state index in [1.54, 1.807) is 0 Å². The number of benzene rings is 1. The van der Waals surface area contributed by atoms with Crippen molar-refractivity contribution in [2.45, 2.75) is 51.9 Å². The van der Waals surface area contributed by atoms with E-state index in [-0.39, 0.29) is 0 Å². The van der Waals surface area contributed by atoms with Gasteiger partial charge in [0, 0.05) is 0 Å². The van der Waals surface area contributed by atoms with Gasteiger partial charge in [0.25, 0.3) is 0 Å². The van der Waals surface area contributed by atoms with Crippen LogP contribution in [0.1, 0.15) is 50.2 Å². The van der Waals surface area contributed by atoms with Crippen molar-refractivity contribution in [3.8, 4) is 5.75 Å². The second kappa shape index (κ2) is 8.21. The van der Waals surface area contributed by atoms with E-state index >= 15 is 0 Å². The zero-order valence-corrected chi connectivity index (χ0v) is 12.2. The van der Waals surface area contributed by atoms with Gasteiger partial charge in [0.2, 0.25) is 0 Å². The largest absolute Gasteiger partial charge is 0.494 e. The van der Waals surface area contributed by atoms with Crippen LogP contribution in [0, 0.1) is 0 Å². The predicted octanol–water partition coefficient (Wildman–Crippen LogP) is 3.72. The molecule has 0 aliphatic heterocycles. The van der Waals surface area contributed by atoms with Crippen LogP contribution in [-0.4, -0.2) is 19.7 Å². The van der Waals surface area contributed by atoms with Crippen molar-refractivity contribution in [2.24, 2.45) is 0 Å². The van der Waals surface area contributed by atoms with Crippen LogP contribution in [0.2, 0.25) is 0 Å². The van der Waals surface area contributed by atoms with Crippen LogP contribution in [0.5, 0.6) is 5.75 Å². The Bertz CT molecular complexity index is 376. The first-order valence-electron chi connectivity index (χ1n) is 7.85. The Morgan fingerprint density at radius 1 is 1.05 bits per heavy atom. The number of hydrogen-bond donors (Lipinski definition) is 1. The summed E-state index contributed by atoms with van der Waals surface area (Å²) in [6.45, 7) is 5.26. The first-order valence-corrected chi connectivity index (χ1v) is 7.85. The molecule has 0 saturated heterocycles. The van der Waals surface area contributed by atoms with Crippen LogP contribution in [0.25, 0.3) is 0 Å². The number of rotatable bonds is 9. The molecule has 0 spiro atoms. The quantitative estimate of drug-likeness (QED) is 0.684. The fraction of sp³-hybridized carbons (Fsp3) is 0.647. The van der Waals surface area contributed by atoms with E-state index in [1.165, 1.54) is 56.1 Å². The monoisotopic (exact) mass is 261 g/mol. The number of ether oxygens (including phenoxy) is 1. The van der Waals surface area contributed by atoms with Gasteiger partial charge < -0.3 is 10.1 Å². The zero-order valence-electron chi connectivity index (χ0n) is 12.2. The summed E-state index contributed by atoms with van der Waals surface area (Å²) in [6.07, 6.45) is 8.83. The number of fused-ring (bicyclic) bond motifs is 1. The highest BCUT2D eigenvalue weighted by molar-refractivity contribution is 5.38. The maximum Gasteiger partial charge on any atom is 0.119 e. The number of nitrogens with one attached hydrogen (secondary N) is 1. The van der Waals surface area contributed by atoms with E-state index in [9.17, 15) is 0 Å². The summed E-state index contributed by atoms with van der Waals surface area (Å²) in [6, 6.07) is 6.62. The van der Waals surface area contributed by atoms with Gasteiger partial charge >= 0.3 is 0 Å². The molecule has 0 saturated carbocycles. The van der Waals surface area contributed by atoms with Gasteiger partial charge in [-0.2, -0.15) is 0 Å². The molecular formula is C17H27NO. The van der Waals surface area contributed by atoms with Gasteiger partial charge in [-0.25, -0.2) is 0 Å². The summed E-state index contributed by atoms with van der Waals surface area (Å²) < 4.78 is 5.84. The molecule has 0 amide bonds. The Kier molecular flexibility index (Phi) is 6.22. The summed E-state index contributed by atoms with van der Waals surface area (Å²) in [5.74, 6) is 1.06. The van der Waals surface area contributed by atoms with Gasteiger partial charge in [0.05, 0.1) is 6.61 Å². The van der Waals surface area contributed by atoms with Crippen molar-refractivity contribution >= 4 is 0 Å². The van der Waals surface area contributed by atoms with Crippen molar-refractivity contribution in [3.05, 3.63) is 29.3 Å². The molecule has 2 heteroatoms. The molecule has 1 aliphatic carbocycles. The average Bonchev–Trinajstić information content (AvgIpc) is 2.89. The fourth-order valence-electron chi connectivity index (χ4n) is 2.71. The van der Waals surface area contributed by atoms with Crippen molar-refractivity contribution in [3.63, 3.8) is 0 Å². The highest BCUT2D eigenvalue weighted by Gasteiger charge is 2.10. The average molecular weight is 261 g/mol. The lowest BCUT2D eigenvalue weighted by molar-refractivity contribution is 0.304. The molecule has 0 aromatic heterocycles. The van der Waals surface area contributed by atoms with Gasteiger partial charge in [-0.1, -0.05) is 25.8 Å². The highest BCUT2D eigenvalue weighted by Crippen LogP contribution is 2.26. The van der Waals surface area contributed by atoms with Crippen LogP contribution < -0.4 is 10.1 Å². The minimum Gasteiger partial charge on any atom is -0.494 e. The third-order valence-corrected chi connectivity index (χ3v) is 3.84. The molecule has 2 rings (SSSR count). The summed E-state index contributed by atoms with van der Waals surface area (Å²) in [4.78, 5) is 0. The van der Waals surface area contributed by atoms with Gasteiger partial charge in [0.1, 0.15) is 5.75 Å². The third-order valence-electron chi connectivity index (χ3n) is 3.84. The van der Waals surface area contributed by atoms with E-state index in [0.717, 1.165) is 25.4 Å². The maximum atomic E-state index is 5.84. The van der Waals surface area contributed by atoms with E-state index in [1.807, 2.05) is 0 Å². The Balaban J connectivity index is 1.56. The van der Waals surface area contributed by atoms with Crippen LogP contribution in [0.15, 0.2) is 18.2 Å². The molecule has 106 valence electrons.